The molecule has 106 valence electrons. The third-order valence-electron chi connectivity index (χ3n) is 4.03. The van der Waals surface area contributed by atoms with Crippen molar-refractivity contribution in [2.75, 3.05) is 17.2 Å². The van der Waals surface area contributed by atoms with E-state index in [1.807, 2.05) is 18.2 Å². The summed E-state index contributed by atoms with van der Waals surface area (Å²) in [5, 5.41) is 6.38. The van der Waals surface area contributed by atoms with Crippen LogP contribution in [0.4, 0.5) is 11.4 Å². The normalized spacial score (nSPS) is 16.7. The van der Waals surface area contributed by atoms with Crippen molar-refractivity contribution in [1.82, 2.24) is 0 Å². The molecule has 0 spiro atoms. The first kappa shape index (κ1) is 12.3. The minimum Gasteiger partial charge on any atom is -0.482 e. The second-order valence-electron chi connectivity index (χ2n) is 5.57. The van der Waals surface area contributed by atoms with Crippen LogP contribution in [0.5, 0.6) is 5.75 Å². The Morgan fingerprint density at radius 3 is 2.62 bits per heavy atom. The number of rotatable bonds is 2. The van der Waals surface area contributed by atoms with Gasteiger partial charge in [0.25, 0.3) is 5.91 Å². The van der Waals surface area contributed by atoms with Crippen LogP contribution < -0.4 is 15.4 Å². The maximum absolute atomic E-state index is 11.4. The fourth-order valence-corrected chi connectivity index (χ4v) is 3.07. The van der Waals surface area contributed by atoms with Crippen molar-refractivity contribution in [3.63, 3.8) is 0 Å². The van der Waals surface area contributed by atoms with Gasteiger partial charge in [0.15, 0.2) is 6.61 Å². The summed E-state index contributed by atoms with van der Waals surface area (Å²) in [5.74, 6) is 0.628. The molecule has 0 unspecified atom stereocenters. The number of fused-ring (bicyclic) bond motifs is 2. The van der Waals surface area contributed by atoms with Gasteiger partial charge in [0.2, 0.25) is 0 Å². The summed E-state index contributed by atoms with van der Waals surface area (Å²) in [5.41, 5.74) is 4.60. The number of carbonyl (C=O) groups excluding carboxylic acids is 1. The zero-order chi connectivity index (χ0) is 14.2. The molecular weight excluding hydrogens is 264 g/mol. The van der Waals surface area contributed by atoms with E-state index in [0.717, 1.165) is 30.0 Å². The number of amides is 1. The lowest BCUT2D eigenvalue weighted by Crippen LogP contribution is -2.25. The second kappa shape index (κ2) is 4.81. The van der Waals surface area contributed by atoms with Gasteiger partial charge in [-0.15, -0.1) is 0 Å². The van der Waals surface area contributed by atoms with E-state index in [0.29, 0.717) is 6.04 Å². The van der Waals surface area contributed by atoms with Crippen LogP contribution in [0.2, 0.25) is 0 Å². The topological polar surface area (TPSA) is 50.4 Å². The summed E-state index contributed by atoms with van der Waals surface area (Å²) in [4.78, 5) is 11.4. The standard InChI is InChI=1S/C17H16N2O2/c20-17-10-21-16-6-5-13(9-15(16)19-17)18-14-7-11-3-1-2-4-12(11)8-14/h1-6,9,14,18H,7-8,10H2,(H,19,20). The highest BCUT2D eigenvalue weighted by Gasteiger charge is 2.21. The highest BCUT2D eigenvalue weighted by molar-refractivity contribution is 5.96. The van der Waals surface area contributed by atoms with Crippen molar-refractivity contribution in [3.8, 4) is 5.75 Å². The monoisotopic (exact) mass is 280 g/mol. The molecule has 2 N–H and O–H groups in total. The second-order valence-corrected chi connectivity index (χ2v) is 5.57. The third kappa shape index (κ3) is 2.33. The maximum atomic E-state index is 11.4. The third-order valence-corrected chi connectivity index (χ3v) is 4.03. The molecule has 1 aliphatic heterocycles. The van der Waals surface area contributed by atoms with Crippen molar-refractivity contribution in [3.05, 3.63) is 53.6 Å². The van der Waals surface area contributed by atoms with E-state index in [9.17, 15) is 4.79 Å². The molecule has 2 aromatic carbocycles. The summed E-state index contributed by atoms with van der Waals surface area (Å²) in [6.45, 7) is 0.0950. The van der Waals surface area contributed by atoms with E-state index in [-0.39, 0.29) is 12.5 Å². The molecule has 21 heavy (non-hydrogen) atoms. The van der Waals surface area contributed by atoms with E-state index in [2.05, 4.69) is 34.9 Å². The molecule has 4 rings (SSSR count). The Morgan fingerprint density at radius 2 is 1.86 bits per heavy atom. The van der Waals surface area contributed by atoms with E-state index in [1.54, 1.807) is 0 Å². The molecular formula is C17H16N2O2. The van der Waals surface area contributed by atoms with Crippen LogP contribution in [-0.4, -0.2) is 18.6 Å². The Hall–Kier alpha value is -2.49. The van der Waals surface area contributed by atoms with Gasteiger partial charge in [-0.05, 0) is 42.2 Å². The highest BCUT2D eigenvalue weighted by Crippen LogP contribution is 2.32. The fraction of sp³-hybridized carbons (Fsp3) is 0.235. The van der Waals surface area contributed by atoms with Gasteiger partial charge in [-0.1, -0.05) is 24.3 Å². The average molecular weight is 280 g/mol. The molecule has 1 aliphatic carbocycles. The largest absolute Gasteiger partial charge is 0.482 e. The van der Waals surface area contributed by atoms with E-state index >= 15 is 0 Å². The van der Waals surface area contributed by atoms with Crippen molar-refractivity contribution >= 4 is 17.3 Å². The molecule has 4 heteroatoms. The van der Waals surface area contributed by atoms with Gasteiger partial charge in [-0.2, -0.15) is 0 Å². The van der Waals surface area contributed by atoms with Crippen molar-refractivity contribution in [2.24, 2.45) is 0 Å². The summed E-state index contributed by atoms with van der Waals surface area (Å²) in [7, 11) is 0. The minimum atomic E-state index is -0.104. The number of hydrogen-bond acceptors (Lipinski definition) is 3. The first-order valence-corrected chi connectivity index (χ1v) is 7.18. The van der Waals surface area contributed by atoms with Gasteiger partial charge in [0, 0.05) is 11.7 Å². The molecule has 1 amide bonds. The zero-order valence-electron chi connectivity index (χ0n) is 11.6. The number of carbonyl (C=O) groups is 1. The molecule has 0 radical (unpaired) electrons. The number of anilines is 2. The summed E-state index contributed by atoms with van der Waals surface area (Å²) in [6.07, 6.45) is 2.08. The Bertz CT molecular complexity index is 687. The molecule has 0 fully saturated rings. The fourth-order valence-electron chi connectivity index (χ4n) is 3.07. The lowest BCUT2D eigenvalue weighted by Gasteiger charge is -2.20. The van der Waals surface area contributed by atoms with Crippen LogP contribution in [-0.2, 0) is 17.6 Å². The summed E-state index contributed by atoms with van der Waals surface area (Å²) in [6, 6.07) is 14.8. The smallest absolute Gasteiger partial charge is 0.262 e. The maximum Gasteiger partial charge on any atom is 0.262 e. The van der Waals surface area contributed by atoms with Crippen LogP contribution in [0, 0.1) is 0 Å². The first-order valence-electron chi connectivity index (χ1n) is 7.18. The van der Waals surface area contributed by atoms with Crippen molar-refractivity contribution in [1.29, 1.82) is 0 Å². The molecule has 0 saturated heterocycles. The van der Waals surface area contributed by atoms with Crippen molar-refractivity contribution in [2.45, 2.75) is 18.9 Å². The number of hydrogen-bond donors (Lipinski definition) is 2. The predicted molar refractivity (Wildman–Crippen MR) is 81.8 cm³/mol. The predicted octanol–water partition coefficient (Wildman–Crippen LogP) is 2.60. The van der Waals surface area contributed by atoms with Gasteiger partial charge in [0.1, 0.15) is 5.75 Å². The lowest BCUT2D eigenvalue weighted by molar-refractivity contribution is -0.118. The van der Waals surface area contributed by atoms with Gasteiger partial charge in [0.05, 0.1) is 5.69 Å². The van der Waals surface area contributed by atoms with Gasteiger partial charge in [-0.25, -0.2) is 0 Å². The Morgan fingerprint density at radius 1 is 1.10 bits per heavy atom. The summed E-state index contributed by atoms with van der Waals surface area (Å²) >= 11 is 0. The zero-order valence-corrected chi connectivity index (χ0v) is 11.6. The van der Waals surface area contributed by atoms with E-state index in [1.165, 1.54) is 11.1 Å². The number of ether oxygens (including phenoxy) is 1. The highest BCUT2D eigenvalue weighted by atomic mass is 16.5. The van der Waals surface area contributed by atoms with Crippen molar-refractivity contribution < 1.29 is 9.53 Å². The van der Waals surface area contributed by atoms with Gasteiger partial charge < -0.3 is 15.4 Å². The molecule has 0 saturated carbocycles. The van der Waals surface area contributed by atoms with Crippen LogP contribution in [0.15, 0.2) is 42.5 Å². The van der Waals surface area contributed by atoms with Crippen LogP contribution in [0.1, 0.15) is 11.1 Å². The Labute approximate surface area is 123 Å². The van der Waals surface area contributed by atoms with Crippen LogP contribution in [0.3, 0.4) is 0 Å². The molecule has 2 aromatic rings. The van der Waals surface area contributed by atoms with E-state index < -0.39 is 0 Å². The SMILES string of the molecule is O=C1COc2ccc(NC3Cc4ccccc4C3)cc2N1. The first-order chi connectivity index (χ1) is 10.3. The lowest BCUT2D eigenvalue weighted by atomic mass is 10.1. The average Bonchev–Trinajstić information content (AvgIpc) is 2.89. The molecule has 0 bridgehead atoms. The number of nitrogens with one attached hydrogen (secondary N) is 2. The molecule has 1 heterocycles. The Kier molecular flexibility index (Phi) is 2.81. The Balaban J connectivity index is 1.51. The quantitative estimate of drug-likeness (QED) is 0.889. The van der Waals surface area contributed by atoms with Crippen LogP contribution >= 0.6 is 0 Å². The molecule has 0 aromatic heterocycles. The van der Waals surface area contributed by atoms with Crippen LogP contribution in [0.25, 0.3) is 0 Å². The molecule has 0 atom stereocenters. The molecule has 4 nitrogen and oxygen atoms in total. The summed E-state index contributed by atoms with van der Waals surface area (Å²) < 4.78 is 5.37. The van der Waals surface area contributed by atoms with Gasteiger partial charge >= 0.3 is 0 Å². The number of benzene rings is 2. The van der Waals surface area contributed by atoms with E-state index in [4.69, 9.17) is 4.74 Å². The molecule has 2 aliphatic rings. The van der Waals surface area contributed by atoms with Gasteiger partial charge in [-0.3, -0.25) is 4.79 Å². The minimum absolute atomic E-state index is 0.0950.